The van der Waals surface area contributed by atoms with Crippen LogP contribution >= 0.6 is 0 Å². The molecule has 0 aromatic carbocycles. The van der Waals surface area contributed by atoms with Gasteiger partial charge in [-0.25, -0.2) is 9.78 Å². The molecule has 0 atom stereocenters. The number of hydrogen-bond donors (Lipinski definition) is 3. The van der Waals surface area contributed by atoms with Crippen LogP contribution in [-0.2, 0) is 0 Å². The van der Waals surface area contributed by atoms with E-state index in [1.54, 1.807) is 6.07 Å². The number of carboxylic acids is 1. The highest BCUT2D eigenvalue weighted by Gasteiger charge is 2.29. The molecule has 0 bridgehead atoms. The lowest BCUT2D eigenvalue weighted by Gasteiger charge is -2.26. The Morgan fingerprint density at radius 3 is 2.71 bits per heavy atom. The maximum absolute atomic E-state index is 10.9. The minimum Gasteiger partial charge on any atom is -0.477 e. The molecule has 0 spiro atoms. The van der Waals surface area contributed by atoms with Gasteiger partial charge in [0.05, 0.1) is 5.69 Å². The predicted molar refractivity (Wildman–Crippen MR) is 66.1 cm³/mol. The Bertz CT molecular complexity index is 439. The molecule has 0 aliphatic heterocycles. The Kier molecular flexibility index (Phi) is 2.92. The minimum absolute atomic E-state index is 0.0156. The number of nitrogen functional groups attached to an aromatic ring is 1. The Balaban J connectivity index is 2.25. The lowest BCUT2D eigenvalue weighted by Crippen LogP contribution is -2.32. The van der Waals surface area contributed by atoms with Gasteiger partial charge in [0.1, 0.15) is 0 Å². The van der Waals surface area contributed by atoms with Crippen LogP contribution in [0.1, 0.15) is 43.1 Å². The molecule has 1 heterocycles. The van der Waals surface area contributed by atoms with Crippen LogP contribution in [0.15, 0.2) is 12.1 Å². The number of pyridine rings is 1. The first-order valence-corrected chi connectivity index (χ1v) is 5.78. The van der Waals surface area contributed by atoms with Crippen molar-refractivity contribution >= 4 is 17.5 Å². The number of hydrogen-bond acceptors (Lipinski definition) is 4. The lowest BCUT2D eigenvalue weighted by atomic mass is 10.0. The molecular weight excluding hydrogens is 218 g/mol. The normalized spacial score (nSPS) is 17.9. The Morgan fingerprint density at radius 1 is 1.47 bits per heavy atom. The summed E-state index contributed by atoms with van der Waals surface area (Å²) >= 11 is 0. The van der Waals surface area contributed by atoms with E-state index in [4.69, 9.17) is 10.8 Å². The minimum atomic E-state index is -1.04. The zero-order valence-corrected chi connectivity index (χ0v) is 9.86. The van der Waals surface area contributed by atoms with E-state index in [1.165, 1.54) is 18.9 Å². The van der Waals surface area contributed by atoms with E-state index in [0.717, 1.165) is 12.8 Å². The molecule has 1 aromatic rings. The average molecular weight is 235 g/mol. The molecule has 17 heavy (non-hydrogen) atoms. The van der Waals surface area contributed by atoms with Crippen molar-refractivity contribution in [3.63, 3.8) is 0 Å². The molecule has 0 saturated heterocycles. The number of nitrogens with two attached hydrogens (primary N) is 1. The molecule has 1 aliphatic rings. The molecular formula is C12H17N3O2. The molecule has 0 radical (unpaired) electrons. The number of anilines is 2. The van der Waals surface area contributed by atoms with Gasteiger partial charge in [0.2, 0.25) is 0 Å². The summed E-state index contributed by atoms with van der Waals surface area (Å²) in [6.07, 6.45) is 4.49. The van der Waals surface area contributed by atoms with E-state index < -0.39 is 5.97 Å². The maximum atomic E-state index is 10.9. The number of aromatic nitrogens is 1. The second-order valence-electron chi connectivity index (χ2n) is 4.83. The monoisotopic (exact) mass is 235 g/mol. The van der Waals surface area contributed by atoms with Crippen LogP contribution in [0.5, 0.6) is 0 Å². The van der Waals surface area contributed by atoms with Crippen LogP contribution in [0.3, 0.4) is 0 Å². The maximum Gasteiger partial charge on any atom is 0.354 e. The van der Waals surface area contributed by atoms with E-state index in [1.807, 2.05) is 0 Å². The summed E-state index contributed by atoms with van der Waals surface area (Å²) in [4.78, 5) is 14.9. The van der Waals surface area contributed by atoms with Crippen molar-refractivity contribution in [3.8, 4) is 0 Å². The lowest BCUT2D eigenvalue weighted by molar-refractivity contribution is 0.0690. The van der Waals surface area contributed by atoms with E-state index in [9.17, 15) is 4.79 Å². The molecule has 1 saturated carbocycles. The Hall–Kier alpha value is -1.78. The fraction of sp³-hybridized carbons (Fsp3) is 0.500. The quantitative estimate of drug-likeness (QED) is 0.746. The number of nitrogens with zero attached hydrogens (tertiary/aromatic N) is 1. The molecule has 92 valence electrons. The average Bonchev–Trinajstić information content (AvgIpc) is 2.68. The van der Waals surface area contributed by atoms with Gasteiger partial charge in [0, 0.05) is 5.54 Å². The van der Waals surface area contributed by atoms with Crippen molar-refractivity contribution in [1.82, 2.24) is 4.98 Å². The first-order valence-electron chi connectivity index (χ1n) is 5.78. The van der Waals surface area contributed by atoms with Gasteiger partial charge in [0.15, 0.2) is 11.5 Å². The molecule has 2 rings (SSSR count). The van der Waals surface area contributed by atoms with Crippen molar-refractivity contribution in [2.75, 3.05) is 11.1 Å². The van der Waals surface area contributed by atoms with E-state index in [0.29, 0.717) is 11.5 Å². The number of aromatic carboxylic acids is 1. The molecule has 1 fully saturated rings. The fourth-order valence-corrected chi connectivity index (χ4v) is 2.26. The summed E-state index contributed by atoms with van der Waals surface area (Å²) in [5.41, 5.74) is 6.30. The summed E-state index contributed by atoms with van der Waals surface area (Å²) in [5, 5.41) is 12.2. The van der Waals surface area contributed by atoms with Crippen LogP contribution in [0.25, 0.3) is 0 Å². The first kappa shape index (κ1) is 11.7. The first-order chi connectivity index (χ1) is 8.00. The van der Waals surface area contributed by atoms with Crippen molar-refractivity contribution in [2.45, 2.75) is 38.1 Å². The molecule has 5 heteroatoms. The van der Waals surface area contributed by atoms with Crippen molar-refractivity contribution in [1.29, 1.82) is 0 Å². The van der Waals surface area contributed by atoms with Crippen LogP contribution in [0.2, 0.25) is 0 Å². The second-order valence-corrected chi connectivity index (χ2v) is 4.83. The number of nitrogens with one attached hydrogen (secondary N) is 1. The number of carboxylic acid groups (broad SMARTS) is 1. The highest BCUT2D eigenvalue weighted by molar-refractivity contribution is 5.86. The van der Waals surface area contributed by atoms with E-state index >= 15 is 0 Å². The Morgan fingerprint density at radius 2 is 2.12 bits per heavy atom. The standard InChI is InChI=1S/C12H17N3O2/c1-12(6-2-3-7-12)15-10-8(13)4-5-9(14-10)11(16)17/h4-5H,2-3,6-7,13H2,1H3,(H,14,15)(H,16,17). The van der Waals surface area contributed by atoms with Crippen molar-refractivity contribution < 1.29 is 9.90 Å². The Labute approximate surface area is 100 Å². The van der Waals surface area contributed by atoms with Gasteiger partial charge in [-0.2, -0.15) is 0 Å². The summed E-state index contributed by atoms with van der Waals surface area (Å²) < 4.78 is 0. The summed E-state index contributed by atoms with van der Waals surface area (Å²) in [5.74, 6) is -0.557. The largest absolute Gasteiger partial charge is 0.477 e. The fourth-order valence-electron chi connectivity index (χ4n) is 2.26. The van der Waals surface area contributed by atoms with Gasteiger partial charge in [-0.3, -0.25) is 0 Å². The zero-order valence-electron chi connectivity index (χ0n) is 9.86. The molecule has 5 nitrogen and oxygen atoms in total. The topological polar surface area (TPSA) is 88.2 Å². The third kappa shape index (κ3) is 2.49. The molecule has 0 amide bonds. The third-order valence-electron chi connectivity index (χ3n) is 3.27. The molecule has 1 aliphatic carbocycles. The van der Waals surface area contributed by atoms with Gasteiger partial charge >= 0.3 is 5.97 Å². The van der Waals surface area contributed by atoms with Gasteiger partial charge in [-0.1, -0.05) is 12.8 Å². The van der Waals surface area contributed by atoms with E-state index in [-0.39, 0.29) is 11.2 Å². The highest BCUT2D eigenvalue weighted by atomic mass is 16.4. The number of carbonyl (C=O) groups is 1. The smallest absolute Gasteiger partial charge is 0.354 e. The van der Waals surface area contributed by atoms with Crippen LogP contribution < -0.4 is 11.1 Å². The second kappa shape index (κ2) is 4.24. The summed E-state index contributed by atoms with van der Waals surface area (Å²) in [6.45, 7) is 2.12. The zero-order chi connectivity index (χ0) is 12.5. The van der Waals surface area contributed by atoms with Gasteiger partial charge in [0.25, 0.3) is 0 Å². The molecule has 4 N–H and O–H groups in total. The van der Waals surface area contributed by atoms with Gasteiger partial charge in [-0.15, -0.1) is 0 Å². The summed E-state index contributed by atoms with van der Waals surface area (Å²) in [6, 6.07) is 3.00. The van der Waals surface area contributed by atoms with Crippen LogP contribution in [-0.4, -0.2) is 21.6 Å². The highest BCUT2D eigenvalue weighted by Crippen LogP contribution is 2.33. The third-order valence-corrected chi connectivity index (χ3v) is 3.27. The number of rotatable bonds is 3. The van der Waals surface area contributed by atoms with Crippen LogP contribution in [0, 0.1) is 0 Å². The van der Waals surface area contributed by atoms with Crippen LogP contribution in [0.4, 0.5) is 11.5 Å². The van der Waals surface area contributed by atoms with Gasteiger partial charge in [-0.05, 0) is 31.9 Å². The predicted octanol–water partition coefficient (Wildman–Crippen LogP) is 2.11. The molecule has 0 unspecified atom stereocenters. The van der Waals surface area contributed by atoms with Gasteiger partial charge < -0.3 is 16.2 Å². The SMILES string of the molecule is CC1(Nc2nc(C(=O)O)ccc2N)CCCC1. The molecule has 1 aromatic heterocycles. The van der Waals surface area contributed by atoms with E-state index in [2.05, 4.69) is 17.2 Å². The van der Waals surface area contributed by atoms with Crippen molar-refractivity contribution in [2.24, 2.45) is 0 Å². The summed E-state index contributed by atoms with van der Waals surface area (Å²) in [7, 11) is 0. The van der Waals surface area contributed by atoms with Crippen molar-refractivity contribution in [3.05, 3.63) is 17.8 Å².